The number of anilines is 1. The summed E-state index contributed by atoms with van der Waals surface area (Å²) in [6.45, 7) is 9.00. The fourth-order valence-electron chi connectivity index (χ4n) is 2.81. The number of H-pyrrole nitrogens is 1. The molecule has 4 nitrogen and oxygen atoms in total. The second-order valence-electron chi connectivity index (χ2n) is 6.81. The predicted molar refractivity (Wildman–Crippen MR) is 71.8 cm³/mol. The summed E-state index contributed by atoms with van der Waals surface area (Å²) in [6, 6.07) is 1.95. The van der Waals surface area contributed by atoms with Gasteiger partial charge in [-0.2, -0.15) is 0 Å². The summed E-state index contributed by atoms with van der Waals surface area (Å²) in [5, 5.41) is 3.43. The first kappa shape index (κ1) is 11.8. The molecule has 2 fully saturated rings. The molecule has 0 unspecified atom stereocenters. The number of hydrogen-bond acceptors (Lipinski definition) is 3. The molecule has 2 aliphatic rings. The van der Waals surface area contributed by atoms with Crippen molar-refractivity contribution >= 4 is 5.82 Å². The Morgan fingerprint density at radius 2 is 1.89 bits per heavy atom. The van der Waals surface area contributed by atoms with Gasteiger partial charge in [0.05, 0.1) is 0 Å². The fourth-order valence-corrected chi connectivity index (χ4v) is 2.81. The fraction of sp³-hybridized carbons (Fsp3) is 0.714. The number of rotatable bonds is 3. The first-order chi connectivity index (χ1) is 8.32. The van der Waals surface area contributed by atoms with E-state index in [1.54, 1.807) is 6.07 Å². The monoisotopic (exact) mass is 247 g/mol. The highest BCUT2D eigenvalue weighted by atomic mass is 16.1. The van der Waals surface area contributed by atoms with Crippen LogP contribution in [0.1, 0.15) is 52.3 Å². The van der Waals surface area contributed by atoms with Gasteiger partial charge in [-0.1, -0.05) is 27.7 Å². The highest BCUT2D eigenvalue weighted by Gasteiger charge is 2.65. The van der Waals surface area contributed by atoms with Crippen LogP contribution in [0.2, 0.25) is 0 Å². The lowest BCUT2D eigenvalue weighted by molar-refractivity contribution is 0.457. The molecule has 3 rings (SSSR count). The third-order valence-corrected chi connectivity index (χ3v) is 5.04. The lowest BCUT2D eigenvalue weighted by atomic mass is 10.0. The zero-order valence-corrected chi connectivity index (χ0v) is 11.5. The van der Waals surface area contributed by atoms with Crippen molar-refractivity contribution in [2.45, 2.75) is 52.5 Å². The van der Waals surface area contributed by atoms with Gasteiger partial charge in [-0.3, -0.25) is 4.79 Å². The molecule has 2 saturated carbocycles. The molecule has 0 radical (unpaired) electrons. The SMILES string of the molecule is CC1(C)C(Nc2cc(=O)[nH]c(C3CC3)n2)C1(C)C. The van der Waals surface area contributed by atoms with Gasteiger partial charge in [-0.05, 0) is 23.7 Å². The maximum atomic E-state index is 11.6. The number of aromatic amines is 1. The number of nitrogens with zero attached hydrogens (tertiary/aromatic N) is 1. The van der Waals surface area contributed by atoms with Gasteiger partial charge >= 0.3 is 0 Å². The van der Waals surface area contributed by atoms with Crippen molar-refractivity contribution < 1.29 is 0 Å². The van der Waals surface area contributed by atoms with Gasteiger partial charge in [-0.15, -0.1) is 0 Å². The quantitative estimate of drug-likeness (QED) is 0.862. The minimum Gasteiger partial charge on any atom is -0.366 e. The van der Waals surface area contributed by atoms with Crippen LogP contribution in [-0.2, 0) is 0 Å². The van der Waals surface area contributed by atoms with E-state index in [-0.39, 0.29) is 16.4 Å². The molecule has 18 heavy (non-hydrogen) atoms. The van der Waals surface area contributed by atoms with Crippen LogP contribution in [0.5, 0.6) is 0 Å². The molecule has 0 saturated heterocycles. The van der Waals surface area contributed by atoms with Crippen LogP contribution >= 0.6 is 0 Å². The zero-order valence-electron chi connectivity index (χ0n) is 11.5. The first-order valence-electron chi connectivity index (χ1n) is 6.70. The summed E-state index contributed by atoms with van der Waals surface area (Å²) < 4.78 is 0. The van der Waals surface area contributed by atoms with Gasteiger partial charge < -0.3 is 10.3 Å². The molecule has 98 valence electrons. The van der Waals surface area contributed by atoms with Crippen molar-refractivity contribution in [2.24, 2.45) is 10.8 Å². The second-order valence-corrected chi connectivity index (χ2v) is 6.81. The summed E-state index contributed by atoms with van der Waals surface area (Å²) in [6.07, 6.45) is 2.29. The first-order valence-corrected chi connectivity index (χ1v) is 6.70. The normalized spacial score (nSPS) is 24.9. The lowest BCUT2D eigenvalue weighted by Crippen LogP contribution is -2.17. The van der Waals surface area contributed by atoms with Gasteiger partial charge in [0.2, 0.25) is 0 Å². The maximum absolute atomic E-state index is 11.6. The average Bonchev–Trinajstić information content (AvgIpc) is 3.13. The largest absolute Gasteiger partial charge is 0.366 e. The topological polar surface area (TPSA) is 57.8 Å². The van der Waals surface area contributed by atoms with Crippen molar-refractivity contribution in [2.75, 3.05) is 5.32 Å². The van der Waals surface area contributed by atoms with Crippen molar-refractivity contribution in [3.63, 3.8) is 0 Å². The molecule has 0 bridgehead atoms. The minimum absolute atomic E-state index is 0.0503. The molecule has 1 aromatic rings. The van der Waals surface area contributed by atoms with Crippen LogP contribution in [0.15, 0.2) is 10.9 Å². The Balaban J connectivity index is 1.84. The van der Waals surface area contributed by atoms with Gasteiger partial charge in [0.25, 0.3) is 5.56 Å². The van der Waals surface area contributed by atoms with Crippen LogP contribution in [0.4, 0.5) is 5.82 Å². The number of nitrogens with one attached hydrogen (secondary N) is 2. The zero-order chi connectivity index (χ0) is 13.1. The molecule has 0 atom stereocenters. The standard InChI is InChI=1S/C14H21N3O/c1-13(2)12(14(13,3)4)16-9-7-10(18)17-11(15-9)8-5-6-8/h7-8,12H,5-6H2,1-4H3,(H2,15,16,17,18). The van der Waals surface area contributed by atoms with Crippen molar-refractivity contribution in [3.8, 4) is 0 Å². The van der Waals surface area contributed by atoms with Crippen molar-refractivity contribution in [3.05, 3.63) is 22.2 Å². The van der Waals surface area contributed by atoms with E-state index >= 15 is 0 Å². The van der Waals surface area contributed by atoms with Gasteiger partial charge in [0.15, 0.2) is 0 Å². The van der Waals surface area contributed by atoms with Gasteiger partial charge in [0.1, 0.15) is 11.6 Å². The minimum atomic E-state index is -0.0503. The molecular weight excluding hydrogens is 226 g/mol. The molecule has 0 aliphatic heterocycles. The van der Waals surface area contributed by atoms with Crippen LogP contribution in [-0.4, -0.2) is 16.0 Å². The van der Waals surface area contributed by atoms with E-state index in [1.807, 2.05) is 0 Å². The molecule has 1 heterocycles. The number of hydrogen-bond donors (Lipinski definition) is 2. The Bertz CT molecular complexity index is 526. The van der Waals surface area contributed by atoms with E-state index in [2.05, 4.69) is 43.0 Å². The van der Waals surface area contributed by atoms with E-state index < -0.39 is 0 Å². The Morgan fingerprint density at radius 3 is 2.39 bits per heavy atom. The van der Waals surface area contributed by atoms with E-state index in [1.165, 1.54) is 0 Å². The Labute approximate surface area is 107 Å². The summed E-state index contributed by atoms with van der Waals surface area (Å²) in [5.41, 5.74) is 0.444. The van der Waals surface area contributed by atoms with Gasteiger partial charge in [0, 0.05) is 18.0 Å². The molecule has 4 heteroatoms. The van der Waals surface area contributed by atoms with E-state index in [4.69, 9.17) is 0 Å². The summed E-state index contributed by atoms with van der Waals surface area (Å²) >= 11 is 0. The molecule has 0 spiro atoms. The Kier molecular flexibility index (Phi) is 2.20. The molecule has 0 amide bonds. The lowest BCUT2D eigenvalue weighted by Gasteiger charge is -2.08. The predicted octanol–water partition coefficient (Wildman–Crippen LogP) is 2.49. The summed E-state index contributed by atoms with van der Waals surface area (Å²) in [7, 11) is 0. The third-order valence-electron chi connectivity index (χ3n) is 5.04. The molecule has 2 N–H and O–H groups in total. The third kappa shape index (κ3) is 1.66. The van der Waals surface area contributed by atoms with Crippen LogP contribution < -0.4 is 10.9 Å². The average molecular weight is 247 g/mol. The van der Waals surface area contributed by atoms with E-state index in [0.717, 1.165) is 24.5 Å². The van der Waals surface area contributed by atoms with Crippen LogP contribution in [0.3, 0.4) is 0 Å². The second kappa shape index (κ2) is 3.37. The molecule has 2 aliphatic carbocycles. The molecular formula is C14H21N3O. The van der Waals surface area contributed by atoms with E-state index in [9.17, 15) is 4.79 Å². The van der Waals surface area contributed by atoms with E-state index in [0.29, 0.717) is 12.0 Å². The number of aromatic nitrogens is 2. The highest BCUT2D eigenvalue weighted by Crippen LogP contribution is 2.63. The Morgan fingerprint density at radius 1 is 1.28 bits per heavy atom. The molecule has 0 aromatic carbocycles. The Hall–Kier alpha value is -1.32. The van der Waals surface area contributed by atoms with Crippen LogP contribution in [0.25, 0.3) is 0 Å². The van der Waals surface area contributed by atoms with Crippen LogP contribution in [0, 0.1) is 10.8 Å². The van der Waals surface area contributed by atoms with Crippen molar-refractivity contribution in [1.29, 1.82) is 0 Å². The smallest absolute Gasteiger partial charge is 0.252 e. The maximum Gasteiger partial charge on any atom is 0.252 e. The summed E-state index contributed by atoms with van der Waals surface area (Å²) in [4.78, 5) is 19.0. The van der Waals surface area contributed by atoms with Gasteiger partial charge in [-0.25, -0.2) is 4.98 Å². The summed E-state index contributed by atoms with van der Waals surface area (Å²) in [5.74, 6) is 2.05. The highest BCUT2D eigenvalue weighted by molar-refractivity contribution is 5.41. The molecule has 1 aromatic heterocycles. The van der Waals surface area contributed by atoms with Crippen molar-refractivity contribution in [1.82, 2.24) is 9.97 Å².